The van der Waals surface area contributed by atoms with Gasteiger partial charge in [0.1, 0.15) is 61.0 Å². The van der Waals surface area contributed by atoms with E-state index < -0.39 is 142 Å². The van der Waals surface area contributed by atoms with Crippen molar-refractivity contribution in [3.05, 3.63) is 0 Å². The molecule has 0 unspecified atom stereocenters. The van der Waals surface area contributed by atoms with E-state index in [1.165, 1.54) is 0 Å². The number of aliphatic carboxylic acids is 1. The number of carboxylic acids is 1. The molecule has 0 aromatic rings. The van der Waals surface area contributed by atoms with Crippen LogP contribution in [0.1, 0.15) is 20.3 Å². The number of amides is 2. The third kappa shape index (κ3) is 8.26. The molecule has 0 aromatic carbocycles. The zero-order chi connectivity index (χ0) is 34.7. The van der Waals surface area contributed by atoms with E-state index in [0.717, 1.165) is 13.8 Å². The number of aliphatic hydroxyl groups excluding tert-OH is 10. The maximum absolute atomic E-state index is 12.7. The quantitative estimate of drug-likeness (QED) is 0.0913. The highest BCUT2D eigenvalue weighted by Crippen LogP contribution is 2.38. The Bertz CT molecular complexity index is 1050. The lowest BCUT2D eigenvalue weighted by atomic mass is 9.88. The summed E-state index contributed by atoms with van der Waals surface area (Å²) >= 11 is 0. The van der Waals surface area contributed by atoms with Crippen LogP contribution in [-0.2, 0) is 38.1 Å². The van der Waals surface area contributed by atoms with Gasteiger partial charge in [-0.3, -0.25) is 9.59 Å². The van der Waals surface area contributed by atoms with E-state index in [1.54, 1.807) is 0 Å². The van der Waals surface area contributed by atoms with Gasteiger partial charge in [0, 0.05) is 26.8 Å². The first kappa shape index (κ1) is 38.3. The van der Waals surface area contributed by atoms with E-state index in [9.17, 15) is 70.6 Å². The number of carboxylic acid groups (broad SMARTS) is 1. The van der Waals surface area contributed by atoms with Crippen LogP contribution in [-0.4, -0.2) is 191 Å². The van der Waals surface area contributed by atoms with Crippen molar-refractivity contribution in [2.75, 3.05) is 19.8 Å². The summed E-state index contributed by atoms with van der Waals surface area (Å²) in [6.07, 6.45) is -27.8. The number of carbonyl (C=O) groups is 3. The van der Waals surface area contributed by atoms with Gasteiger partial charge in [-0.1, -0.05) is 0 Å². The number of rotatable bonds is 12. The SMILES string of the molecule is CC(=O)NC[C@@H](O)[C@@H](O)[C@@H]1O[C@@](O[C@H]2[C@@H](O)[C@@H](CO)O[C@@H](O[C@H]3[C@H](O)[C@@H](O)[C@H](O)O[C@@H]3CO)[C@@H]2O)(C(=O)O)C[C@H](O)[C@H]1NC(C)=O. The fourth-order valence-electron chi connectivity index (χ4n) is 5.42. The summed E-state index contributed by atoms with van der Waals surface area (Å²) in [5, 5.41) is 119. The van der Waals surface area contributed by atoms with Gasteiger partial charge in [-0.15, -0.1) is 0 Å². The Hall–Kier alpha value is -2.19. The maximum atomic E-state index is 12.7. The van der Waals surface area contributed by atoms with Gasteiger partial charge < -0.3 is 90.5 Å². The minimum Gasteiger partial charge on any atom is -0.477 e. The average Bonchev–Trinajstić information content (AvgIpc) is 2.99. The highest BCUT2D eigenvalue weighted by Gasteiger charge is 2.60. The Morgan fingerprint density at radius 1 is 0.870 bits per heavy atom. The summed E-state index contributed by atoms with van der Waals surface area (Å²) < 4.78 is 27.1. The van der Waals surface area contributed by atoms with Crippen LogP contribution in [0.2, 0.25) is 0 Å². The average molecular weight is 675 g/mol. The van der Waals surface area contributed by atoms with E-state index in [4.69, 9.17) is 23.7 Å². The second-order valence-corrected chi connectivity index (χ2v) is 11.3. The maximum Gasteiger partial charge on any atom is 0.364 e. The summed E-state index contributed by atoms with van der Waals surface area (Å²) in [5.74, 6) is -6.36. The number of aliphatic hydroxyl groups is 10. The van der Waals surface area contributed by atoms with Crippen LogP contribution in [0.15, 0.2) is 0 Å². The molecule has 0 radical (unpaired) electrons. The fourth-order valence-corrected chi connectivity index (χ4v) is 5.42. The number of nitrogens with one attached hydrogen (secondary N) is 2. The summed E-state index contributed by atoms with van der Waals surface area (Å²) in [4.78, 5) is 35.8. The first-order chi connectivity index (χ1) is 21.5. The molecule has 2 amide bonds. The molecule has 3 rings (SSSR count). The van der Waals surface area contributed by atoms with Crippen LogP contribution in [0.3, 0.4) is 0 Å². The second kappa shape index (κ2) is 15.8. The molecular formula is C25H42N2O19. The molecule has 0 aliphatic carbocycles. The molecule has 21 heteroatoms. The Morgan fingerprint density at radius 3 is 2.04 bits per heavy atom. The predicted molar refractivity (Wildman–Crippen MR) is 142 cm³/mol. The Morgan fingerprint density at radius 2 is 1.50 bits per heavy atom. The van der Waals surface area contributed by atoms with Crippen molar-refractivity contribution in [1.82, 2.24) is 10.6 Å². The molecule has 16 atom stereocenters. The van der Waals surface area contributed by atoms with Crippen LogP contribution in [0.5, 0.6) is 0 Å². The van der Waals surface area contributed by atoms with Crippen molar-refractivity contribution in [2.45, 2.75) is 118 Å². The normalized spacial score (nSPS) is 42.9. The van der Waals surface area contributed by atoms with Gasteiger partial charge >= 0.3 is 5.97 Å². The monoisotopic (exact) mass is 674 g/mol. The lowest BCUT2D eigenvalue weighted by Crippen LogP contribution is -2.71. The molecule has 3 saturated heterocycles. The van der Waals surface area contributed by atoms with E-state index in [-0.39, 0.29) is 0 Å². The van der Waals surface area contributed by atoms with E-state index >= 15 is 0 Å². The molecule has 266 valence electrons. The molecule has 3 aliphatic heterocycles. The van der Waals surface area contributed by atoms with Crippen LogP contribution in [0.4, 0.5) is 0 Å². The fraction of sp³-hybridized carbons (Fsp3) is 0.880. The zero-order valence-electron chi connectivity index (χ0n) is 24.7. The molecular weight excluding hydrogens is 632 g/mol. The van der Waals surface area contributed by atoms with Gasteiger partial charge in [-0.2, -0.15) is 0 Å². The molecule has 3 fully saturated rings. The van der Waals surface area contributed by atoms with Crippen molar-refractivity contribution < 1.29 is 94.2 Å². The molecule has 21 nitrogen and oxygen atoms in total. The molecule has 0 saturated carbocycles. The number of carbonyl (C=O) groups excluding carboxylic acids is 2. The third-order valence-corrected chi connectivity index (χ3v) is 7.84. The van der Waals surface area contributed by atoms with Crippen molar-refractivity contribution in [3.63, 3.8) is 0 Å². The molecule has 3 aliphatic rings. The summed E-state index contributed by atoms with van der Waals surface area (Å²) in [6.45, 7) is -0.263. The van der Waals surface area contributed by atoms with Gasteiger partial charge in [0.15, 0.2) is 12.6 Å². The van der Waals surface area contributed by atoms with Crippen molar-refractivity contribution in [1.29, 1.82) is 0 Å². The van der Waals surface area contributed by atoms with Gasteiger partial charge in [0.2, 0.25) is 11.8 Å². The van der Waals surface area contributed by atoms with Gasteiger partial charge in [-0.25, -0.2) is 4.79 Å². The van der Waals surface area contributed by atoms with Crippen LogP contribution in [0.25, 0.3) is 0 Å². The Labute approximate surface area is 260 Å². The molecule has 3 heterocycles. The minimum atomic E-state index is -3.04. The van der Waals surface area contributed by atoms with Crippen molar-refractivity contribution >= 4 is 17.8 Å². The van der Waals surface area contributed by atoms with Crippen LogP contribution in [0, 0.1) is 0 Å². The highest BCUT2D eigenvalue weighted by molar-refractivity contribution is 5.76. The van der Waals surface area contributed by atoms with Crippen LogP contribution >= 0.6 is 0 Å². The van der Waals surface area contributed by atoms with Crippen molar-refractivity contribution in [3.8, 4) is 0 Å². The smallest absolute Gasteiger partial charge is 0.364 e. The number of hydrogen-bond donors (Lipinski definition) is 13. The second-order valence-electron chi connectivity index (χ2n) is 11.3. The lowest BCUT2D eigenvalue weighted by Gasteiger charge is -2.50. The Balaban J connectivity index is 1.94. The van der Waals surface area contributed by atoms with Gasteiger partial charge in [-0.05, 0) is 0 Å². The predicted octanol–water partition coefficient (Wildman–Crippen LogP) is -8.08. The molecule has 46 heavy (non-hydrogen) atoms. The summed E-state index contributed by atoms with van der Waals surface area (Å²) in [6, 6.07) is -1.55. The van der Waals surface area contributed by atoms with E-state index in [1.807, 2.05) is 0 Å². The van der Waals surface area contributed by atoms with E-state index in [2.05, 4.69) is 10.6 Å². The topological polar surface area (TPSA) is 344 Å². The summed E-state index contributed by atoms with van der Waals surface area (Å²) in [7, 11) is 0. The van der Waals surface area contributed by atoms with Crippen LogP contribution < -0.4 is 10.6 Å². The molecule has 0 spiro atoms. The first-order valence-corrected chi connectivity index (χ1v) is 14.2. The molecule has 0 bridgehead atoms. The molecule has 0 aromatic heterocycles. The lowest BCUT2D eigenvalue weighted by molar-refractivity contribution is -0.385. The van der Waals surface area contributed by atoms with E-state index in [0.29, 0.717) is 0 Å². The minimum absolute atomic E-state index is 0.563. The van der Waals surface area contributed by atoms with Gasteiger partial charge in [0.05, 0.1) is 31.5 Å². The zero-order valence-corrected chi connectivity index (χ0v) is 24.7. The summed E-state index contributed by atoms with van der Waals surface area (Å²) in [5.41, 5.74) is 0. The molecule has 13 N–H and O–H groups in total. The highest BCUT2D eigenvalue weighted by atomic mass is 16.8. The standard InChI is InChI=1S/C25H42N2O19/c1-7(30)26-4-10(33)14(34)20-13(27-8(2)31)9(32)3-25(45-20,24(40)41)46-21-15(35)11(5-28)43-23(18(21)38)44-19-12(6-29)42-22(39)17(37)16(19)36/h9-23,28-29,32-39H,3-6H2,1-2H3,(H,26,30)(H,27,31)(H,40,41)/t9-,10+,11+,12+,13+,14+,15-,16+,17+,18+,19+,20+,21-,22+,23-,25-/m0/s1. The first-order valence-electron chi connectivity index (χ1n) is 14.2. The Kier molecular flexibility index (Phi) is 13.1. The largest absolute Gasteiger partial charge is 0.477 e. The van der Waals surface area contributed by atoms with Gasteiger partial charge in [0.25, 0.3) is 5.79 Å². The third-order valence-electron chi connectivity index (χ3n) is 7.84. The number of ether oxygens (including phenoxy) is 5. The van der Waals surface area contributed by atoms with Crippen molar-refractivity contribution in [2.24, 2.45) is 0 Å². The number of hydrogen-bond acceptors (Lipinski definition) is 18.